The van der Waals surface area contributed by atoms with Crippen molar-refractivity contribution in [2.24, 2.45) is 5.92 Å². The summed E-state index contributed by atoms with van der Waals surface area (Å²) in [6, 6.07) is 10.2. The molecule has 0 unspecified atom stereocenters. The minimum atomic E-state index is -4.22. The van der Waals surface area contributed by atoms with Crippen molar-refractivity contribution in [1.29, 1.82) is 0 Å². The second-order valence-corrected chi connectivity index (χ2v) is 10.4. The van der Waals surface area contributed by atoms with E-state index in [1.54, 1.807) is 26.0 Å². The Morgan fingerprint density at radius 2 is 1.76 bits per heavy atom. The number of nitrogens with zero attached hydrogens (tertiary/aromatic N) is 2. The van der Waals surface area contributed by atoms with Crippen LogP contribution in [0.4, 0.5) is 14.5 Å². The van der Waals surface area contributed by atoms with Gasteiger partial charge in [0.2, 0.25) is 0 Å². The molecule has 0 spiro atoms. The fourth-order valence-corrected chi connectivity index (χ4v) is 5.92. The summed E-state index contributed by atoms with van der Waals surface area (Å²) in [5, 5.41) is 0. The van der Waals surface area contributed by atoms with Crippen LogP contribution < -0.4 is 9.03 Å². The monoisotopic (exact) mass is 495 g/mol. The highest BCUT2D eigenvalue weighted by Crippen LogP contribution is 2.28. The molecule has 186 valence electrons. The zero-order valence-electron chi connectivity index (χ0n) is 19.6. The van der Waals surface area contributed by atoms with Crippen LogP contribution in [0.25, 0.3) is 0 Å². The summed E-state index contributed by atoms with van der Waals surface area (Å²) in [6.07, 6.45) is 1.01. The van der Waals surface area contributed by atoms with Gasteiger partial charge >= 0.3 is 16.2 Å². The number of methoxy groups -OCH3 is 1. The van der Waals surface area contributed by atoms with Crippen molar-refractivity contribution in [3.05, 3.63) is 65.7 Å². The highest BCUT2D eigenvalue weighted by atomic mass is 32.2. The number of carbonyl (C=O) groups excluding carboxylic acids is 1. The SMILES string of the molecule is COC(=O)[C@H](NS(=O)(=O)N(c1cccc(F)c1)C1CCN(Cc2ccc(F)cc2)CC1)C(C)C. The van der Waals surface area contributed by atoms with Gasteiger partial charge in [-0.3, -0.25) is 14.0 Å². The summed E-state index contributed by atoms with van der Waals surface area (Å²) in [6.45, 7) is 5.26. The molecule has 0 amide bonds. The van der Waals surface area contributed by atoms with Gasteiger partial charge in [0.1, 0.15) is 17.7 Å². The first-order chi connectivity index (χ1) is 16.1. The third-order valence-electron chi connectivity index (χ3n) is 5.93. The number of piperidine rings is 1. The first-order valence-electron chi connectivity index (χ1n) is 11.2. The number of hydrogen-bond acceptors (Lipinski definition) is 5. The van der Waals surface area contributed by atoms with Gasteiger partial charge in [-0.2, -0.15) is 13.1 Å². The molecule has 3 rings (SSSR count). The highest BCUT2D eigenvalue weighted by Gasteiger charge is 2.37. The first-order valence-corrected chi connectivity index (χ1v) is 12.7. The third-order valence-corrected chi connectivity index (χ3v) is 7.51. The van der Waals surface area contributed by atoms with E-state index in [-0.39, 0.29) is 17.4 Å². The maximum absolute atomic E-state index is 14.0. The minimum absolute atomic E-state index is 0.192. The topological polar surface area (TPSA) is 78.9 Å². The van der Waals surface area contributed by atoms with Crippen molar-refractivity contribution in [2.75, 3.05) is 24.5 Å². The van der Waals surface area contributed by atoms with Gasteiger partial charge in [0.25, 0.3) is 0 Å². The van der Waals surface area contributed by atoms with Crippen LogP contribution >= 0.6 is 0 Å². The predicted octanol–water partition coefficient (Wildman–Crippen LogP) is 3.47. The second-order valence-electron chi connectivity index (χ2n) is 8.78. The predicted molar refractivity (Wildman–Crippen MR) is 126 cm³/mol. The maximum atomic E-state index is 14.0. The van der Waals surface area contributed by atoms with Gasteiger partial charge < -0.3 is 4.74 Å². The molecule has 1 atom stereocenters. The zero-order valence-corrected chi connectivity index (χ0v) is 20.4. The summed E-state index contributed by atoms with van der Waals surface area (Å²) < 4.78 is 62.7. The quantitative estimate of drug-likeness (QED) is 0.539. The lowest BCUT2D eigenvalue weighted by molar-refractivity contribution is -0.143. The van der Waals surface area contributed by atoms with Crippen molar-refractivity contribution in [3.63, 3.8) is 0 Å². The number of ether oxygens (including phenoxy) is 1. The third kappa shape index (κ3) is 6.52. The van der Waals surface area contributed by atoms with Crippen LogP contribution in [0.1, 0.15) is 32.3 Å². The molecule has 0 aliphatic carbocycles. The lowest BCUT2D eigenvalue weighted by atomic mass is 10.0. The summed E-state index contributed by atoms with van der Waals surface area (Å²) in [7, 11) is -3.02. The van der Waals surface area contributed by atoms with Gasteiger partial charge in [-0.25, -0.2) is 8.78 Å². The van der Waals surface area contributed by atoms with E-state index in [0.29, 0.717) is 32.5 Å². The summed E-state index contributed by atoms with van der Waals surface area (Å²) >= 11 is 0. The summed E-state index contributed by atoms with van der Waals surface area (Å²) in [4.78, 5) is 14.4. The Morgan fingerprint density at radius 1 is 1.12 bits per heavy atom. The molecule has 1 fully saturated rings. The second kappa shape index (κ2) is 11.2. The van der Waals surface area contributed by atoms with Gasteiger partial charge in [-0.05, 0) is 54.7 Å². The van der Waals surface area contributed by atoms with E-state index in [2.05, 4.69) is 9.62 Å². The molecule has 0 bridgehead atoms. The van der Waals surface area contributed by atoms with Gasteiger partial charge in [-0.15, -0.1) is 0 Å². The molecule has 34 heavy (non-hydrogen) atoms. The lowest BCUT2D eigenvalue weighted by Crippen LogP contribution is -2.55. The Hall–Kier alpha value is -2.56. The van der Waals surface area contributed by atoms with E-state index in [1.807, 2.05) is 0 Å². The van der Waals surface area contributed by atoms with Crippen LogP contribution in [0.5, 0.6) is 0 Å². The molecular formula is C24H31F2N3O4S. The van der Waals surface area contributed by atoms with E-state index in [0.717, 1.165) is 5.56 Å². The number of likely N-dealkylation sites (tertiary alicyclic amines) is 1. The van der Waals surface area contributed by atoms with Gasteiger partial charge in [0.05, 0.1) is 12.8 Å². The van der Waals surface area contributed by atoms with Gasteiger partial charge in [-0.1, -0.05) is 32.0 Å². The molecule has 0 radical (unpaired) electrons. The Kier molecular flexibility index (Phi) is 8.62. The minimum Gasteiger partial charge on any atom is -0.468 e. The summed E-state index contributed by atoms with van der Waals surface area (Å²) in [5.74, 6) is -1.89. The molecule has 10 heteroatoms. The van der Waals surface area contributed by atoms with Crippen LogP contribution in [0.3, 0.4) is 0 Å². The summed E-state index contributed by atoms with van der Waals surface area (Å²) in [5.41, 5.74) is 1.16. The van der Waals surface area contributed by atoms with E-state index in [4.69, 9.17) is 4.74 Å². The number of halogens is 2. The van der Waals surface area contributed by atoms with E-state index in [9.17, 15) is 22.0 Å². The molecule has 7 nitrogen and oxygen atoms in total. The zero-order chi connectivity index (χ0) is 24.9. The molecule has 2 aromatic carbocycles. The molecule has 1 N–H and O–H groups in total. The van der Waals surface area contributed by atoms with E-state index < -0.39 is 34.1 Å². The molecule has 0 aromatic heterocycles. The molecule has 1 aliphatic heterocycles. The van der Waals surface area contributed by atoms with Crippen molar-refractivity contribution in [2.45, 2.75) is 45.3 Å². The maximum Gasteiger partial charge on any atom is 0.324 e. The highest BCUT2D eigenvalue weighted by molar-refractivity contribution is 7.91. The molecular weight excluding hydrogens is 464 g/mol. The number of rotatable bonds is 9. The Bertz CT molecular complexity index is 1070. The van der Waals surface area contributed by atoms with Crippen LogP contribution in [0.2, 0.25) is 0 Å². The van der Waals surface area contributed by atoms with Crippen molar-refractivity contribution >= 4 is 21.9 Å². The molecule has 1 aliphatic rings. The largest absolute Gasteiger partial charge is 0.468 e. The van der Waals surface area contributed by atoms with Gasteiger partial charge in [0, 0.05) is 25.7 Å². The number of benzene rings is 2. The fourth-order valence-electron chi connectivity index (χ4n) is 4.12. The first kappa shape index (κ1) is 26.1. The number of anilines is 1. The number of nitrogens with one attached hydrogen (secondary N) is 1. The Labute approximate surface area is 199 Å². The van der Waals surface area contributed by atoms with Crippen LogP contribution in [-0.4, -0.2) is 51.6 Å². The average molecular weight is 496 g/mol. The smallest absolute Gasteiger partial charge is 0.324 e. The molecule has 2 aromatic rings. The average Bonchev–Trinajstić information content (AvgIpc) is 2.79. The van der Waals surface area contributed by atoms with Crippen molar-refractivity contribution in [1.82, 2.24) is 9.62 Å². The van der Waals surface area contributed by atoms with Crippen LogP contribution in [0, 0.1) is 17.6 Å². The number of hydrogen-bond donors (Lipinski definition) is 1. The standard InChI is InChI=1S/C24H31F2N3O4S/c1-17(2)23(24(30)33-3)27-34(31,32)29(22-6-4-5-20(26)15-22)21-11-13-28(14-12-21)16-18-7-9-19(25)10-8-18/h4-10,15,17,21,23,27H,11-14,16H2,1-3H3/t23-/m1/s1. The Morgan fingerprint density at radius 3 is 2.32 bits per heavy atom. The van der Waals surface area contributed by atoms with E-state index >= 15 is 0 Å². The van der Waals surface area contributed by atoms with Crippen molar-refractivity contribution < 1.29 is 26.7 Å². The molecule has 0 saturated carbocycles. The van der Waals surface area contributed by atoms with Gasteiger partial charge in [0.15, 0.2) is 0 Å². The number of carbonyl (C=O) groups is 1. The molecule has 1 heterocycles. The fraction of sp³-hybridized carbons (Fsp3) is 0.458. The normalized spacial score (nSPS) is 16.4. The van der Waals surface area contributed by atoms with Crippen LogP contribution in [-0.2, 0) is 26.3 Å². The molecule has 1 saturated heterocycles. The van der Waals surface area contributed by atoms with Crippen LogP contribution in [0.15, 0.2) is 48.5 Å². The van der Waals surface area contributed by atoms with Crippen molar-refractivity contribution in [3.8, 4) is 0 Å². The number of esters is 1. The lowest BCUT2D eigenvalue weighted by Gasteiger charge is -2.39. The van der Waals surface area contributed by atoms with E-state index in [1.165, 1.54) is 47.8 Å². The Balaban J connectivity index is 1.81.